The molecule has 114 valence electrons. The monoisotopic (exact) mass is 304 g/mol. The van der Waals surface area contributed by atoms with Crippen LogP contribution in [0.1, 0.15) is 24.0 Å². The van der Waals surface area contributed by atoms with Crippen molar-refractivity contribution in [1.29, 1.82) is 0 Å². The molecular formula is C20H16O3. The van der Waals surface area contributed by atoms with Gasteiger partial charge in [-0.1, -0.05) is 12.1 Å². The van der Waals surface area contributed by atoms with E-state index in [1.807, 2.05) is 0 Å². The minimum atomic E-state index is -0.0553. The standard InChI is InChI=1S/C20H16O3/c1-3-5-19(14-7-9-16(21)10-8-14)20(6-4-2)15-11-17(22)13-18(23)12-15/h1-2,7-13,21-23H,5-6H2. The third kappa shape index (κ3) is 3.87. The van der Waals surface area contributed by atoms with Crippen molar-refractivity contribution in [3.05, 3.63) is 53.6 Å². The summed E-state index contributed by atoms with van der Waals surface area (Å²) in [5.74, 6) is 5.24. The molecule has 0 aliphatic heterocycles. The number of benzene rings is 2. The lowest BCUT2D eigenvalue weighted by Crippen LogP contribution is -1.93. The average molecular weight is 304 g/mol. The number of phenols is 3. The Morgan fingerprint density at radius 3 is 1.65 bits per heavy atom. The molecule has 0 radical (unpaired) electrons. The molecule has 3 heteroatoms. The number of terminal acetylenes is 2. The van der Waals surface area contributed by atoms with Crippen molar-refractivity contribution in [3.8, 4) is 41.9 Å². The topological polar surface area (TPSA) is 60.7 Å². The van der Waals surface area contributed by atoms with E-state index in [4.69, 9.17) is 12.8 Å². The molecule has 3 N–H and O–H groups in total. The van der Waals surface area contributed by atoms with E-state index in [1.165, 1.54) is 18.2 Å². The molecular weight excluding hydrogens is 288 g/mol. The number of aromatic hydroxyl groups is 3. The number of allylic oxidation sites excluding steroid dienone is 2. The first kappa shape index (κ1) is 16.1. The van der Waals surface area contributed by atoms with Crippen LogP contribution in [0.25, 0.3) is 11.1 Å². The SMILES string of the molecule is C#CCC(=C(CC#C)c1cc(O)cc(O)c1)c1ccc(O)cc1. The minimum Gasteiger partial charge on any atom is -0.508 e. The first-order valence-electron chi connectivity index (χ1n) is 6.97. The van der Waals surface area contributed by atoms with Crippen LogP contribution >= 0.6 is 0 Å². The van der Waals surface area contributed by atoms with Crippen LogP contribution in [-0.2, 0) is 0 Å². The van der Waals surface area contributed by atoms with E-state index in [0.717, 1.165) is 16.7 Å². The van der Waals surface area contributed by atoms with Crippen molar-refractivity contribution >= 4 is 11.1 Å². The molecule has 0 unspecified atom stereocenters. The van der Waals surface area contributed by atoms with E-state index >= 15 is 0 Å². The second-order valence-electron chi connectivity index (χ2n) is 5.00. The molecule has 0 aliphatic rings. The predicted molar refractivity (Wildman–Crippen MR) is 91.6 cm³/mol. The van der Waals surface area contributed by atoms with Gasteiger partial charge in [0.25, 0.3) is 0 Å². The third-order valence-corrected chi connectivity index (χ3v) is 3.39. The quantitative estimate of drug-likeness (QED) is 0.595. The van der Waals surface area contributed by atoms with Crippen molar-refractivity contribution in [3.63, 3.8) is 0 Å². The first-order valence-corrected chi connectivity index (χ1v) is 6.97. The molecule has 0 aliphatic carbocycles. The molecule has 2 aromatic rings. The normalized spacial score (nSPS) is 11.2. The maximum atomic E-state index is 9.72. The Morgan fingerprint density at radius 2 is 1.17 bits per heavy atom. The van der Waals surface area contributed by atoms with Crippen LogP contribution in [0.4, 0.5) is 0 Å². The summed E-state index contributed by atoms with van der Waals surface area (Å²) < 4.78 is 0. The van der Waals surface area contributed by atoms with Gasteiger partial charge in [-0.3, -0.25) is 0 Å². The fourth-order valence-electron chi connectivity index (χ4n) is 2.40. The van der Waals surface area contributed by atoms with Gasteiger partial charge in [-0.2, -0.15) is 0 Å². The van der Waals surface area contributed by atoms with E-state index in [1.54, 1.807) is 24.3 Å². The smallest absolute Gasteiger partial charge is 0.119 e. The van der Waals surface area contributed by atoms with Crippen molar-refractivity contribution in [2.75, 3.05) is 0 Å². The fraction of sp³-hybridized carbons (Fsp3) is 0.100. The molecule has 23 heavy (non-hydrogen) atoms. The molecule has 2 aromatic carbocycles. The van der Waals surface area contributed by atoms with Gasteiger partial charge in [-0.15, -0.1) is 24.7 Å². The Labute approximate surface area is 135 Å². The summed E-state index contributed by atoms with van der Waals surface area (Å²) in [7, 11) is 0. The molecule has 0 spiro atoms. The number of rotatable bonds is 4. The summed E-state index contributed by atoms with van der Waals surface area (Å²) in [6.45, 7) is 0. The summed E-state index contributed by atoms with van der Waals surface area (Å²) >= 11 is 0. The van der Waals surface area contributed by atoms with Crippen LogP contribution in [-0.4, -0.2) is 15.3 Å². The van der Waals surface area contributed by atoms with Crippen molar-refractivity contribution in [1.82, 2.24) is 0 Å². The lowest BCUT2D eigenvalue weighted by Gasteiger charge is -2.14. The first-order chi connectivity index (χ1) is 11.0. The van der Waals surface area contributed by atoms with E-state index < -0.39 is 0 Å². The number of hydrogen-bond donors (Lipinski definition) is 3. The summed E-state index contributed by atoms with van der Waals surface area (Å²) in [6, 6.07) is 11.0. The van der Waals surface area contributed by atoms with Gasteiger partial charge < -0.3 is 15.3 Å². The van der Waals surface area contributed by atoms with Crippen molar-refractivity contribution in [2.24, 2.45) is 0 Å². The Bertz CT molecular complexity index is 795. The molecule has 0 heterocycles. The molecule has 0 atom stereocenters. The van der Waals surface area contributed by atoms with E-state index in [9.17, 15) is 15.3 Å². The summed E-state index contributed by atoms with van der Waals surface area (Å²) in [6.07, 6.45) is 11.6. The third-order valence-electron chi connectivity index (χ3n) is 3.39. The maximum absolute atomic E-state index is 9.72. The van der Waals surface area contributed by atoms with Gasteiger partial charge in [-0.25, -0.2) is 0 Å². The van der Waals surface area contributed by atoms with Crippen LogP contribution in [0.15, 0.2) is 42.5 Å². The second kappa shape index (κ2) is 7.11. The number of hydrogen-bond acceptors (Lipinski definition) is 3. The second-order valence-corrected chi connectivity index (χ2v) is 5.00. The highest BCUT2D eigenvalue weighted by molar-refractivity contribution is 5.93. The Balaban J connectivity index is 2.69. The molecule has 0 aromatic heterocycles. The van der Waals surface area contributed by atoms with Crippen LogP contribution in [0.2, 0.25) is 0 Å². The molecule has 0 bridgehead atoms. The van der Waals surface area contributed by atoms with Gasteiger partial charge >= 0.3 is 0 Å². The Kier molecular flexibility index (Phi) is 4.97. The lowest BCUT2D eigenvalue weighted by atomic mass is 9.90. The average Bonchev–Trinajstić information content (AvgIpc) is 2.51. The van der Waals surface area contributed by atoms with Gasteiger partial charge in [0.1, 0.15) is 17.2 Å². The van der Waals surface area contributed by atoms with Gasteiger partial charge in [0.15, 0.2) is 0 Å². The molecule has 0 amide bonds. The van der Waals surface area contributed by atoms with Gasteiger partial charge in [-0.05, 0) is 46.5 Å². The summed E-state index contributed by atoms with van der Waals surface area (Å²) in [5.41, 5.74) is 3.00. The Hall–Kier alpha value is -3.30. The van der Waals surface area contributed by atoms with Crippen LogP contribution in [0.5, 0.6) is 17.2 Å². The number of phenolic OH excluding ortho intramolecular Hbond substituents is 3. The highest BCUT2D eigenvalue weighted by Gasteiger charge is 2.12. The minimum absolute atomic E-state index is 0.0553. The highest BCUT2D eigenvalue weighted by Crippen LogP contribution is 2.35. The van der Waals surface area contributed by atoms with Crippen molar-refractivity contribution in [2.45, 2.75) is 12.8 Å². The predicted octanol–water partition coefficient (Wildman–Crippen LogP) is 3.76. The molecule has 0 saturated heterocycles. The molecule has 2 rings (SSSR count). The lowest BCUT2D eigenvalue weighted by molar-refractivity contribution is 0.450. The maximum Gasteiger partial charge on any atom is 0.119 e. The van der Waals surface area contributed by atoms with E-state index in [2.05, 4.69) is 11.8 Å². The van der Waals surface area contributed by atoms with Gasteiger partial charge in [0, 0.05) is 18.9 Å². The van der Waals surface area contributed by atoms with Gasteiger partial charge in [0.2, 0.25) is 0 Å². The molecule has 0 fully saturated rings. The Morgan fingerprint density at radius 1 is 0.696 bits per heavy atom. The summed E-state index contributed by atoms with van der Waals surface area (Å²) in [4.78, 5) is 0. The van der Waals surface area contributed by atoms with E-state index in [0.29, 0.717) is 18.4 Å². The largest absolute Gasteiger partial charge is 0.508 e. The van der Waals surface area contributed by atoms with Crippen LogP contribution < -0.4 is 0 Å². The summed E-state index contributed by atoms with van der Waals surface area (Å²) in [5, 5.41) is 28.9. The fourth-order valence-corrected chi connectivity index (χ4v) is 2.40. The molecule has 3 nitrogen and oxygen atoms in total. The zero-order valence-corrected chi connectivity index (χ0v) is 12.5. The van der Waals surface area contributed by atoms with Crippen LogP contribution in [0, 0.1) is 24.7 Å². The highest BCUT2D eigenvalue weighted by atomic mass is 16.3. The zero-order valence-electron chi connectivity index (χ0n) is 12.5. The zero-order chi connectivity index (χ0) is 16.8. The van der Waals surface area contributed by atoms with Gasteiger partial charge in [0.05, 0.1) is 0 Å². The van der Waals surface area contributed by atoms with Crippen molar-refractivity contribution < 1.29 is 15.3 Å². The molecule has 0 saturated carbocycles. The van der Waals surface area contributed by atoms with Crippen LogP contribution in [0.3, 0.4) is 0 Å². The van der Waals surface area contributed by atoms with E-state index in [-0.39, 0.29) is 17.2 Å².